The van der Waals surface area contributed by atoms with E-state index < -0.39 is 5.97 Å². The van der Waals surface area contributed by atoms with E-state index >= 15 is 0 Å². The first kappa shape index (κ1) is 16.3. The van der Waals surface area contributed by atoms with E-state index in [1.165, 1.54) is 38.5 Å². The Labute approximate surface area is 134 Å². The zero-order valence-corrected chi connectivity index (χ0v) is 14.0. The fourth-order valence-corrected chi connectivity index (χ4v) is 5.03. The third kappa shape index (κ3) is 3.84. The smallest absolute Gasteiger partial charge is 0.306 e. The molecule has 1 heterocycles. The van der Waals surface area contributed by atoms with Gasteiger partial charge in [0.25, 0.3) is 0 Å². The minimum absolute atomic E-state index is 0.100. The van der Waals surface area contributed by atoms with Gasteiger partial charge in [0.15, 0.2) is 0 Å². The number of aliphatic carboxylic acids is 1. The number of ether oxygens (including phenoxy) is 1. The van der Waals surface area contributed by atoms with Crippen LogP contribution in [0.4, 0.5) is 0 Å². The van der Waals surface area contributed by atoms with Crippen LogP contribution in [0, 0.1) is 29.6 Å². The summed E-state index contributed by atoms with van der Waals surface area (Å²) in [5.74, 6) is 2.53. The molecule has 3 rings (SSSR count). The van der Waals surface area contributed by atoms with Crippen LogP contribution >= 0.6 is 0 Å². The van der Waals surface area contributed by atoms with E-state index in [1.54, 1.807) is 0 Å². The van der Waals surface area contributed by atoms with E-state index in [0.717, 1.165) is 50.0 Å². The molecule has 2 saturated carbocycles. The predicted octanol–water partition coefficient (Wildman–Crippen LogP) is 4.50. The van der Waals surface area contributed by atoms with E-state index in [0.29, 0.717) is 12.0 Å². The number of carboxylic acid groups (broad SMARTS) is 1. The number of hydrogen-bond acceptors (Lipinski definition) is 2. The fourth-order valence-electron chi connectivity index (χ4n) is 5.03. The van der Waals surface area contributed by atoms with Gasteiger partial charge in [0.1, 0.15) is 0 Å². The molecule has 1 aliphatic heterocycles. The topological polar surface area (TPSA) is 46.5 Å². The van der Waals surface area contributed by atoms with Crippen LogP contribution in [0.5, 0.6) is 0 Å². The quantitative estimate of drug-likeness (QED) is 0.835. The van der Waals surface area contributed by atoms with Gasteiger partial charge in [0.2, 0.25) is 0 Å². The largest absolute Gasteiger partial charge is 0.481 e. The summed E-state index contributed by atoms with van der Waals surface area (Å²) in [6.07, 6.45) is 12.4. The third-order valence-corrected chi connectivity index (χ3v) is 6.72. The molecular weight excluding hydrogens is 276 g/mol. The number of hydrogen-bond donors (Lipinski definition) is 1. The number of carboxylic acids is 1. The molecule has 3 heteroatoms. The van der Waals surface area contributed by atoms with E-state index in [4.69, 9.17) is 9.84 Å². The first-order chi connectivity index (χ1) is 10.6. The molecular formula is C19H32O3. The summed E-state index contributed by atoms with van der Waals surface area (Å²) >= 11 is 0. The lowest BCUT2D eigenvalue weighted by Gasteiger charge is -2.40. The van der Waals surface area contributed by atoms with Crippen molar-refractivity contribution in [1.29, 1.82) is 0 Å². The van der Waals surface area contributed by atoms with Gasteiger partial charge in [-0.05, 0) is 75.0 Å². The first-order valence-electron chi connectivity index (χ1n) is 9.48. The minimum Gasteiger partial charge on any atom is -0.481 e. The lowest BCUT2D eigenvalue weighted by molar-refractivity contribution is -0.144. The van der Waals surface area contributed by atoms with Crippen molar-refractivity contribution >= 4 is 5.97 Å². The van der Waals surface area contributed by atoms with Crippen molar-refractivity contribution in [2.45, 2.75) is 77.2 Å². The molecule has 0 aromatic heterocycles. The Kier molecular flexibility index (Phi) is 5.43. The van der Waals surface area contributed by atoms with Gasteiger partial charge in [-0.1, -0.05) is 19.8 Å². The van der Waals surface area contributed by atoms with Crippen LogP contribution in [0.25, 0.3) is 0 Å². The Morgan fingerprint density at radius 2 is 1.41 bits per heavy atom. The highest BCUT2D eigenvalue weighted by Gasteiger charge is 2.35. The minimum atomic E-state index is -0.602. The van der Waals surface area contributed by atoms with Crippen LogP contribution in [0.15, 0.2) is 0 Å². The molecule has 2 atom stereocenters. The monoisotopic (exact) mass is 308 g/mol. The van der Waals surface area contributed by atoms with Crippen molar-refractivity contribution < 1.29 is 14.6 Å². The zero-order valence-electron chi connectivity index (χ0n) is 14.0. The Morgan fingerprint density at radius 3 is 1.95 bits per heavy atom. The van der Waals surface area contributed by atoms with Crippen LogP contribution in [0.2, 0.25) is 0 Å². The van der Waals surface area contributed by atoms with Crippen LogP contribution < -0.4 is 0 Å². The van der Waals surface area contributed by atoms with E-state index in [9.17, 15) is 4.79 Å². The molecule has 126 valence electrons. The van der Waals surface area contributed by atoms with Gasteiger partial charge in [-0.15, -0.1) is 0 Å². The molecule has 3 fully saturated rings. The highest BCUT2D eigenvalue weighted by molar-refractivity contribution is 5.69. The summed E-state index contributed by atoms with van der Waals surface area (Å²) in [4.78, 5) is 11.0. The summed E-state index contributed by atoms with van der Waals surface area (Å²) in [5, 5.41) is 9.10. The van der Waals surface area contributed by atoms with Gasteiger partial charge < -0.3 is 9.84 Å². The molecule has 3 nitrogen and oxygen atoms in total. The van der Waals surface area contributed by atoms with Crippen LogP contribution in [0.3, 0.4) is 0 Å². The van der Waals surface area contributed by atoms with Gasteiger partial charge >= 0.3 is 5.97 Å². The Hall–Kier alpha value is -0.570. The maximum absolute atomic E-state index is 11.0. The Bertz CT molecular complexity index is 357. The summed E-state index contributed by atoms with van der Waals surface area (Å²) in [5.41, 5.74) is 0. The van der Waals surface area contributed by atoms with E-state index in [1.807, 2.05) is 0 Å². The maximum Gasteiger partial charge on any atom is 0.306 e. The second-order valence-corrected chi connectivity index (χ2v) is 8.18. The normalized spacial score (nSPS) is 43.7. The van der Waals surface area contributed by atoms with Crippen molar-refractivity contribution in [3.8, 4) is 0 Å². The van der Waals surface area contributed by atoms with Crippen molar-refractivity contribution in [3.05, 3.63) is 0 Å². The predicted molar refractivity (Wildman–Crippen MR) is 86.7 cm³/mol. The molecule has 1 saturated heterocycles. The highest BCUT2D eigenvalue weighted by Crippen LogP contribution is 2.40. The summed E-state index contributed by atoms with van der Waals surface area (Å²) in [7, 11) is 0. The van der Waals surface area contributed by atoms with Gasteiger partial charge in [-0.2, -0.15) is 0 Å². The summed E-state index contributed by atoms with van der Waals surface area (Å²) in [6, 6.07) is 0. The van der Waals surface area contributed by atoms with Crippen molar-refractivity contribution in [3.63, 3.8) is 0 Å². The average Bonchev–Trinajstić information content (AvgIpc) is 2.56. The Balaban J connectivity index is 1.41. The van der Waals surface area contributed by atoms with Gasteiger partial charge in [0.05, 0.1) is 18.6 Å². The second kappa shape index (κ2) is 7.33. The van der Waals surface area contributed by atoms with E-state index in [-0.39, 0.29) is 5.92 Å². The zero-order chi connectivity index (χ0) is 15.5. The SMILES string of the molecule is CC1CCC(C2CCC(C3CCC(C(=O)O)CC3)OC2)CC1. The summed E-state index contributed by atoms with van der Waals surface area (Å²) < 4.78 is 6.26. The average molecular weight is 308 g/mol. The number of carbonyl (C=O) groups is 1. The molecule has 3 aliphatic rings. The standard InChI is InChI=1S/C19H32O3/c1-13-2-4-14(5-3-13)17-10-11-18(22-12-17)15-6-8-16(9-7-15)19(20)21/h13-18H,2-12H2,1H3,(H,20,21). The Morgan fingerprint density at radius 1 is 0.818 bits per heavy atom. The van der Waals surface area contributed by atoms with Crippen LogP contribution in [0.1, 0.15) is 71.1 Å². The van der Waals surface area contributed by atoms with Gasteiger partial charge in [-0.25, -0.2) is 0 Å². The molecule has 0 spiro atoms. The van der Waals surface area contributed by atoms with Crippen LogP contribution in [-0.4, -0.2) is 23.8 Å². The first-order valence-corrected chi connectivity index (χ1v) is 9.48. The summed E-state index contributed by atoms with van der Waals surface area (Å²) in [6.45, 7) is 3.35. The molecule has 2 unspecified atom stereocenters. The molecule has 22 heavy (non-hydrogen) atoms. The van der Waals surface area contributed by atoms with Gasteiger partial charge in [-0.3, -0.25) is 4.79 Å². The highest BCUT2D eigenvalue weighted by atomic mass is 16.5. The molecule has 0 bridgehead atoms. The molecule has 0 aromatic carbocycles. The second-order valence-electron chi connectivity index (χ2n) is 8.18. The van der Waals surface area contributed by atoms with Crippen LogP contribution in [-0.2, 0) is 9.53 Å². The fraction of sp³-hybridized carbons (Fsp3) is 0.947. The lowest BCUT2D eigenvalue weighted by atomic mass is 9.72. The molecule has 0 amide bonds. The molecule has 2 aliphatic carbocycles. The van der Waals surface area contributed by atoms with Crippen molar-refractivity contribution in [2.75, 3.05) is 6.61 Å². The molecule has 0 radical (unpaired) electrons. The maximum atomic E-state index is 11.0. The molecule has 0 aromatic rings. The van der Waals surface area contributed by atoms with Gasteiger partial charge in [0, 0.05) is 0 Å². The lowest BCUT2D eigenvalue weighted by Crippen LogP contribution is -2.37. The third-order valence-electron chi connectivity index (χ3n) is 6.72. The van der Waals surface area contributed by atoms with Crippen molar-refractivity contribution in [1.82, 2.24) is 0 Å². The van der Waals surface area contributed by atoms with E-state index in [2.05, 4.69) is 6.92 Å². The molecule has 1 N–H and O–H groups in total. The number of rotatable bonds is 3. The van der Waals surface area contributed by atoms with Crippen molar-refractivity contribution in [2.24, 2.45) is 29.6 Å².